The normalized spacial score (nSPS) is 16.9. The summed E-state index contributed by atoms with van der Waals surface area (Å²) in [5, 5.41) is 3.45. The molecule has 1 fully saturated rings. The average molecular weight is 306 g/mol. The largest absolute Gasteiger partial charge is 0.314 e. The zero-order valence-electron chi connectivity index (χ0n) is 13.7. The highest BCUT2D eigenvalue weighted by Crippen LogP contribution is 2.29. The molecule has 0 spiro atoms. The molecule has 1 aliphatic heterocycles. The van der Waals surface area contributed by atoms with Crippen LogP contribution in [0.5, 0.6) is 0 Å². The molecule has 0 aliphatic carbocycles. The van der Waals surface area contributed by atoms with Gasteiger partial charge in [0.15, 0.2) is 0 Å². The predicted molar refractivity (Wildman–Crippen MR) is 98.5 cm³/mol. The number of allylic oxidation sites excluding steroid dienone is 1. The van der Waals surface area contributed by atoms with Gasteiger partial charge in [0.25, 0.3) is 0 Å². The first-order valence-corrected chi connectivity index (χ1v) is 8.59. The van der Waals surface area contributed by atoms with Gasteiger partial charge in [0.2, 0.25) is 0 Å². The minimum absolute atomic E-state index is 0.485. The van der Waals surface area contributed by atoms with Crippen LogP contribution in [0.2, 0.25) is 0 Å². The molecule has 0 saturated carbocycles. The van der Waals surface area contributed by atoms with E-state index in [1.54, 1.807) is 0 Å². The molecular formula is C21H26N2. The number of piperazine rings is 1. The Bertz CT molecular complexity index is 615. The van der Waals surface area contributed by atoms with Crippen LogP contribution in [0.1, 0.15) is 24.4 Å². The van der Waals surface area contributed by atoms with Crippen molar-refractivity contribution in [2.75, 3.05) is 26.2 Å². The molecule has 3 rings (SSSR count). The van der Waals surface area contributed by atoms with Crippen molar-refractivity contribution in [1.29, 1.82) is 0 Å². The van der Waals surface area contributed by atoms with Crippen LogP contribution < -0.4 is 5.32 Å². The molecule has 2 heteroatoms. The highest BCUT2D eigenvalue weighted by molar-refractivity contribution is 5.64. The third-order valence-corrected chi connectivity index (χ3v) is 4.62. The fraction of sp³-hybridized carbons (Fsp3) is 0.333. The first kappa shape index (κ1) is 16.0. The minimum atomic E-state index is 0.485. The maximum atomic E-state index is 3.91. The van der Waals surface area contributed by atoms with Gasteiger partial charge in [-0.25, -0.2) is 0 Å². The Kier molecular flexibility index (Phi) is 5.62. The van der Waals surface area contributed by atoms with Crippen molar-refractivity contribution in [3.8, 4) is 11.1 Å². The van der Waals surface area contributed by atoms with E-state index in [0.29, 0.717) is 6.04 Å². The average Bonchev–Trinajstić information content (AvgIpc) is 2.64. The molecule has 0 amide bonds. The number of benzene rings is 2. The molecule has 2 nitrogen and oxygen atoms in total. The Morgan fingerprint density at radius 1 is 1.00 bits per heavy atom. The van der Waals surface area contributed by atoms with Crippen LogP contribution in [-0.4, -0.2) is 31.1 Å². The van der Waals surface area contributed by atoms with E-state index in [2.05, 4.69) is 71.4 Å². The quantitative estimate of drug-likeness (QED) is 0.802. The molecule has 2 aromatic carbocycles. The highest BCUT2D eigenvalue weighted by Gasteiger charge is 2.21. The van der Waals surface area contributed by atoms with Gasteiger partial charge in [-0.2, -0.15) is 0 Å². The number of hydrogen-bond donors (Lipinski definition) is 1. The van der Waals surface area contributed by atoms with Gasteiger partial charge >= 0.3 is 0 Å². The van der Waals surface area contributed by atoms with Gasteiger partial charge in [0, 0.05) is 32.2 Å². The zero-order chi connectivity index (χ0) is 15.9. The molecule has 1 aliphatic rings. The van der Waals surface area contributed by atoms with Crippen molar-refractivity contribution in [2.45, 2.75) is 18.9 Å². The topological polar surface area (TPSA) is 15.3 Å². The van der Waals surface area contributed by atoms with E-state index in [0.717, 1.165) is 39.0 Å². The van der Waals surface area contributed by atoms with Gasteiger partial charge < -0.3 is 5.32 Å². The molecule has 0 radical (unpaired) electrons. The second-order valence-electron chi connectivity index (χ2n) is 6.16. The van der Waals surface area contributed by atoms with Crippen molar-refractivity contribution in [3.63, 3.8) is 0 Å². The van der Waals surface area contributed by atoms with Crippen LogP contribution in [0.3, 0.4) is 0 Å². The summed E-state index contributed by atoms with van der Waals surface area (Å²) in [6, 6.07) is 20.2. The van der Waals surface area contributed by atoms with Crippen LogP contribution in [-0.2, 0) is 0 Å². The monoisotopic (exact) mass is 306 g/mol. The molecular weight excluding hydrogens is 280 g/mol. The number of nitrogens with zero attached hydrogens (tertiary/aromatic N) is 1. The van der Waals surface area contributed by atoms with Crippen LogP contribution in [0.4, 0.5) is 0 Å². The predicted octanol–water partition coefficient (Wildman–Crippen LogP) is 4.27. The van der Waals surface area contributed by atoms with Crippen LogP contribution in [0.25, 0.3) is 11.1 Å². The first-order chi connectivity index (χ1) is 11.4. The minimum Gasteiger partial charge on any atom is -0.314 e. The lowest BCUT2D eigenvalue weighted by Gasteiger charge is -2.35. The van der Waals surface area contributed by atoms with E-state index >= 15 is 0 Å². The maximum absolute atomic E-state index is 3.91. The third kappa shape index (κ3) is 4.10. The van der Waals surface area contributed by atoms with Gasteiger partial charge in [-0.1, -0.05) is 54.6 Å². The van der Waals surface area contributed by atoms with E-state index in [4.69, 9.17) is 0 Å². The fourth-order valence-corrected chi connectivity index (χ4v) is 3.39. The van der Waals surface area contributed by atoms with Crippen molar-refractivity contribution in [3.05, 3.63) is 72.8 Å². The molecule has 0 unspecified atom stereocenters. The Morgan fingerprint density at radius 2 is 1.74 bits per heavy atom. The van der Waals surface area contributed by atoms with Crippen molar-refractivity contribution in [2.24, 2.45) is 0 Å². The maximum Gasteiger partial charge on any atom is 0.0352 e. The summed E-state index contributed by atoms with van der Waals surface area (Å²) < 4.78 is 0. The lowest BCUT2D eigenvalue weighted by molar-refractivity contribution is 0.166. The van der Waals surface area contributed by atoms with Gasteiger partial charge in [-0.15, -0.1) is 6.58 Å². The van der Waals surface area contributed by atoms with Gasteiger partial charge in [0.05, 0.1) is 0 Å². The SMILES string of the molecule is C=CCC[C@@H](c1cccc(-c2ccccc2)c1)N1CCNCC1. The Labute approximate surface area is 139 Å². The summed E-state index contributed by atoms with van der Waals surface area (Å²) in [4.78, 5) is 2.62. The summed E-state index contributed by atoms with van der Waals surface area (Å²) in [7, 11) is 0. The second-order valence-corrected chi connectivity index (χ2v) is 6.16. The van der Waals surface area contributed by atoms with Crippen LogP contribution in [0.15, 0.2) is 67.3 Å². The van der Waals surface area contributed by atoms with E-state index in [1.165, 1.54) is 16.7 Å². The molecule has 1 N–H and O–H groups in total. The summed E-state index contributed by atoms with van der Waals surface area (Å²) in [5.74, 6) is 0. The van der Waals surface area contributed by atoms with Crippen molar-refractivity contribution in [1.82, 2.24) is 10.2 Å². The molecule has 2 aromatic rings. The molecule has 1 heterocycles. The Hall–Kier alpha value is -1.90. The standard InChI is InChI=1S/C21H26N2/c1-2-3-12-21(23-15-13-22-14-16-23)20-11-7-10-19(17-20)18-8-5-4-6-9-18/h2,4-11,17,21-22H,1,3,12-16H2/t21-/m0/s1. The number of nitrogens with one attached hydrogen (secondary N) is 1. The second kappa shape index (κ2) is 8.09. The Morgan fingerprint density at radius 3 is 2.48 bits per heavy atom. The van der Waals surface area contributed by atoms with Gasteiger partial charge in [-0.3, -0.25) is 4.90 Å². The summed E-state index contributed by atoms with van der Waals surface area (Å²) in [5.41, 5.74) is 4.02. The van der Waals surface area contributed by atoms with Crippen molar-refractivity contribution < 1.29 is 0 Å². The van der Waals surface area contributed by atoms with Crippen LogP contribution >= 0.6 is 0 Å². The molecule has 0 bridgehead atoms. The molecule has 23 heavy (non-hydrogen) atoms. The fourth-order valence-electron chi connectivity index (χ4n) is 3.39. The van der Waals surface area contributed by atoms with E-state index in [-0.39, 0.29) is 0 Å². The van der Waals surface area contributed by atoms with E-state index < -0.39 is 0 Å². The molecule has 120 valence electrons. The summed E-state index contributed by atoms with van der Waals surface area (Å²) in [6.45, 7) is 8.32. The van der Waals surface area contributed by atoms with Crippen LogP contribution in [0, 0.1) is 0 Å². The van der Waals surface area contributed by atoms with Crippen molar-refractivity contribution >= 4 is 0 Å². The highest BCUT2D eigenvalue weighted by atomic mass is 15.2. The van der Waals surface area contributed by atoms with E-state index in [1.807, 2.05) is 6.08 Å². The summed E-state index contributed by atoms with van der Waals surface area (Å²) >= 11 is 0. The number of rotatable bonds is 6. The van der Waals surface area contributed by atoms with E-state index in [9.17, 15) is 0 Å². The zero-order valence-corrected chi connectivity index (χ0v) is 13.7. The van der Waals surface area contributed by atoms with Gasteiger partial charge in [-0.05, 0) is 35.6 Å². The molecule has 1 saturated heterocycles. The number of hydrogen-bond acceptors (Lipinski definition) is 2. The lowest BCUT2D eigenvalue weighted by atomic mass is 9.95. The van der Waals surface area contributed by atoms with Gasteiger partial charge in [0.1, 0.15) is 0 Å². The summed E-state index contributed by atoms with van der Waals surface area (Å²) in [6.07, 6.45) is 4.24. The first-order valence-electron chi connectivity index (χ1n) is 8.59. The lowest BCUT2D eigenvalue weighted by Crippen LogP contribution is -2.45. The Balaban J connectivity index is 1.87. The smallest absolute Gasteiger partial charge is 0.0352 e. The third-order valence-electron chi connectivity index (χ3n) is 4.62. The molecule has 0 aromatic heterocycles. The molecule has 1 atom stereocenters.